The molecule has 96 valence electrons. The Labute approximate surface area is 99.1 Å². The van der Waals surface area contributed by atoms with Crippen LogP contribution in [0.5, 0.6) is 0 Å². The first-order chi connectivity index (χ1) is 8.08. The third-order valence-corrected chi connectivity index (χ3v) is 3.37. The Bertz CT molecular complexity index is 349. The summed E-state index contributed by atoms with van der Waals surface area (Å²) in [5.74, 6) is -2.77. The van der Waals surface area contributed by atoms with E-state index in [0.717, 1.165) is 0 Å². The van der Waals surface area contributed by atoms with E-state index in [0.29, 0.717) is 12.1 Å². The van der Waals surface area contributed by atoms with Gasteiger partial charge in [-0.05, 0) is 0 Å². The average Bonchev–Trinajstić information content (AvgIpc) is 2.27. The van der Waals surface area contributed by atoms with Crippen LogP contribution >= 0.6 is 0 Å². The summed E-state index contributed by atoms with van der Waals surface area (Å²) < 4.78 is 53.9. The van der Waals surface area contributed by atoms with Gasteiger partial charge in [-0.2, -0.15) is 0 Å². The van der Waals surface area contributed by atoms with Gasteiger partial charge in [-0.3, -0.25) is 0 Å². The van der Waals surface area contributed by atoms with Crippen molar-refractivity contribution in [3.05, 3.63) is 35.1 Å². The van der Waals surface area contributed by atoms with Crippen molar-refractivity contribution in [1.29, 1.82) is 0 Å². The van der Waals surface area contributed by atoms with E-state index in [4.69, 9.17) is 13.3 Å². The zero-order valence-corrected chi connectivity index (χ0v) is 10.7. The van der Waals surface area contributed by atoms with Crippen LogP contribution in [0, 0.1) is 17.5 Å². The summed E-state index contributed by atoms with van der Waals surface area (Å²) >= 11 is 0. The summed E-state index contributed by atoms with van der Waals surface area (Å²) in [5, 5.41) is 0. The van der Waals surface area contributed by atoms with Crippen LogP contribution in [0.1, 0.15) is 5.56 Å². The van der Waals surface area contributed by atoms with Gasteiger partial charge in [0, 0.05) is 44.9 Å². The molecule has 0 unspecified atom stereocenters. The molecule has 0 bridgehead atoms. The van der Waals surface area contributed by atoms with Gasteiger partial charge < -0.3 is 13.3 Å². The standard InChI is InChI=1S/C10H13F3O3Si/c1-14-17(15-2)16-4-3-8-9(12)5-7(11)6-10(8)13/h5-6,17H,3-4H2,1-2H3. The van der Waals surface area contributed by atoms with Gasteiger partial charge >= 0.3 is 9.53 Å². The Balaban J connectivity index is 2.58. The largest absolute Gasteiger partial charge is 0.483 e. The van der Waals surface area contributed by atoms with Crippen LogP contribution in [0.3, 0.4) is 0 Å². The summed E-state index contributed by atoms with van der Waals surface area (Å²) in [7, 11) is 0.666. The maximum Gasteiger partial charge on any atom is 0.483 e. The lowest BCUT2D eigenvalue weighted by Crippen LogP contribution is -2.25. The Morgan fingerprint density at radius 3 is 2.06 bits per heavy atom. The molecule has 0 heterocycles. The molecule has 1 aromatic carbocycles. The molecule has 0 saturated heterocycles. The predicted octanol–water partition coefficient (Wildman–Crippen LogP) is 1.67. The lowest BCUT2D eigenvalue weighted by atomic mass is 10.1. The predicted molar refractivity (Wildman–Crippen MR) is 57.1 cm³/mol. The minimum Gasteiger partial charge on any atom is -0.379 e. The molecule has 0 aliphatic carbocycles. The highest BCUT2D eigenvalue weighted by Crippen LogP contribution is 2.15. The van der Waals surface area contributed by atoms with Crippen LogP contribution < -0.4 is 0 Å². The van der Waals surface area contributed by atoms with Crippen molar-refractivity contribution >= 4 is 9.53 Å². The highest BCUT2D eigenvalue weighted by Gasteiger charge is 2.14. The van der Waals surface area contributed by atoms with Gasteiger partial charge in [0.25, 0.3) is 0 Å². The molecular weight excluding hydrogens is 253 g/mol. The fourth-order valence-corrected chi connectivity index (χ4v) is 2.08. The quantitative estimate of drug-likeness (QED) is 0.733. The lowest BCUT2D eigenvalue weighted by molar-refractivity contribution is 0.136. The molecule has 0 aliphatic heterocycles. The molecule has 17 heavy (non-hydrogen) atoms. The van der Waals surface area contributed by atoms with Gasteiger partial charge in [-0.1, -0.05) is 0 Å². The second-order valence-electron chi connectivity index (χ2n) is 3.23. The molecule has 0 aromatic heterocycles. The van der Waals surface area contributed by atoms with E-state index in [1.807, 2.05) is 0 Å². The fourth-order valence-electron chi connectivity index (χ4n) is 1.30. The van der Waals surface area contributed by atoms with Crippen molar-refractivity contribution in [3.8, 4) is 0 Å². The van der Waals surface area contributed by atoms with E-state index >= 15 is 0 Å². The molecular formula is C10H13F3O3Si. The minimum atomic E-state index is -2.19. The SMILES string of the molecule is CO[SiH](OC)OCCc1c(F)cc(F)cc1F. The van der Waals surface area contributed by atoms with Crippen molar-refractivity contribution in [2.45, 2.75) is 6.42 Å². The molecule has 0 fully saturated rings. The van der Waals surface area contributed by atoms with E-state index in [-0.39, 0.29) is 18.6 Å². The van der Waals surface area contributed by atoms with Gasteiger partial charge in [0.15, 0.2) is 0 Å². The van der Waals surface area contributed by atoms with E-state index in [9.17, 15) is 13.2 Å². The Kier molecular flexibility index (Phi) is 5.62. The van der Waals surface area contributed by atoms with Crippen molar-refractivity contribution in [1.82, 2.24) is 0 Å². The smallest absolute Gasteiger partial charge is 0.379 e. The summed E-state index contributed by atoms with van der Waals surface area (Å²) in [6, 6.07) is 1.28. The number of hydrogen-bond acceptors (Lipinski definition) is 3. The first-order valence-corrected chi connectivity index (χ1v) is 6.30. The van der Waals surface area contributed by atoms with Crippen LogP contribution in [-0.2, 0) is 19.7 Å². The minimum absolute atomic E-state index is 0.00579. The first kappa shape index (κ1) is 14.2. The van der Waals surface area contributed by atoms with Gasteiger partial charge in [0.2, 0.25) is 0 Å². The number of benzene rings is 1. The van der Waals surface area contributed by atoms with Crippen molar-refractivity contribution in [2.24, 2.45) is 0 Å². The molecule has 7 heteroatoms. The van der Waals surface area contributed by atoms with Gasteiger partial charge in [0.05, 0.1) is 0 Å². The summed E-state index contributed by atoms with van der Waals surface area (Å²) in [5.41, 5.74) is -0.202. The van der Waals surface area contributed by atoms with Crippen LogP contribution in [0.15, 0.2) is 12.1 Å². The highest BCUT2D eigenvalue weighted by molar-refractivity contribution is 6.36. The Morgan fingerprint density at radius 1 is 1.06 bits per heavy atom. The summed E-state index contributed by atoms with van der Waals surface area (Å²) in [6.07, 6.45) is -0.00579. The van der Waals surface area contributed by atoms with Crippen LogP contribution in [0.2, 0.25) is 0 Å². The molecule has 3 nitrogen and oxygen atoms in total. The topological polar surface area (TPSA) is 27.7 Å². The second kappa shape index (κ2) is 6.75. The fraction of sp³-hybridized carbons (Fsp3) is 0.400. The zero-order valence-electron chi connectivity index (χ0n) is 9.50. The van der Waals surface area contributed by atoms with Crippen molar-refractivity contribution in [3.63, 3.8) is 0 Å². The molecule has 1 aromatic rings. The van der Waals surface area contributed by atoms with E-state index in [2.05, 4.69) is 0 Å². The van der Waals surface area contributed by atoms with Crippen molar-refractivity contribution in [2.75, 3.05) is 20.8 Å². The number of hydrogen-bond donors (Lipinski definition) is 0. The van der Waals surface area contributed by atoms with Crippen LogP contribution in [0.4, 0.5) is 13.2 Å². The summed E-state index contributed by atoms with van der Waals surface area (Å²) in [6.45, 7) is 0.0536. The normalized spacial score (nSPS) is 11.2. The monoisotopic (exact) mass is 266 g/mol. The molecule has 0 saturated carbocycles. The molecule has 0 radical (unpaired) electrons. The lowest BCUT2D eigenvalue weighted by Gasteiger charge is -2.12. The zero-order chi connectivity index (χ0) is 12.8. The van der Waals surface area contributed by atoms with Gasteiger partial charge in [0.1, 0.15) is 17.5 Å². The number of halogens is 3. The van der Waals surface area contributed by atoms with E-state index < -0.39 is 27.0 Å². The molecule has 0 N–H and O–H groups in total. The average molecular weight is 266 g/mol. The van der Waals surface area contributed by atoms with Crippen molar-refractivity contribution < 1.29 is 26.4 Å². The highest BCUT2D eigenvalue weighted by atomic mass is 28.3. The summed E-state index contributed by atoms with van der Waals surface area (Å²) in [4.78, 5) is 0. The maximum absolute atomic E-state index is 13.2. The Hall–Kier alpha value is -0.893. The van der Waals surface area contributed by atoms with Crippen LogP contribution in [-0.4, -0.2) is 30.4 Å². The second-order valence-corrected chi connectivity index (χ2v) is 5.08. The van der Waals surface area contributed by atoms with E-state index in [1.165, 1.54) is 14.2 Å². The third-order valence-electron chi connectivity index (χ3n) is 2.10. The molecule has 0 aliphatic rings. The number of rotatable bonds is 6. The molecule has 0 spiro atoms. The molecule has 0 amide bonds. The van der Waals surface area contributed by atoms with Gasteiger partial charge in [-0.15, -0.1) is 0 Å². The van der Waals surface area contributed by atoms with Gasteiger partial charge in [-0.25, -0.2) is 13.2 Å². The maximum atomic E-state index is 13.2. The van der Waals surface area contributed by atoms with E-state index in [1.54, 1.807) is 0 Å². The molecule has 1 rings (SSSR count). The van der Waals surface area contributed by atoms with Crippen LogP contribution in [0.25, 0.3) is 0 Å². The molecule has 0 atom stereocenters. The Morgan fingerprint density at radius 2 is 1.59 bits per heavy atom. The third kappa shape index (κ3) is 4.12. The first-order valence-electron chi connectivity index (χ1n) is 4.89.